The number of nitriles is 1. The van der Waals surface area contributed by atoms with Crippen molar-refractivity contribution >= 4 is 18.1 Å². The van der Waals surface area contributed by atoms with Gasteiger partial charge >= 0.3 is 6.09 Å². The van der Waals surface area contributed by atoms with Gasteiger partial charge in [0.25, 0.3) is 0 Å². The summed E-state index contributed by atoms with van der Waals surface area (Å²) in [5.41, 5.74) is 0. The molecule has 21 heavy (non-hydrogen) atoms. The van der Waals surface area contributed by atoms with Gasteiger partial charge in [0.2, 0.25) is 0 Å². The first-order valence-electron chi connectivity index (χ1n) is 6.91. The zero-order chi connectivity index (χ0) is 15.1. The van der Waals surface area contributed by atoms with Crippen LogP contribution in [0.4, 0.5) is 4.79 Å². The molecule has 0 aliphatic carbocycles. The van der Waals surface area contributed by atoms with Gasteiger partial charge in [0.05, 0.1) is 32.0 Å². The van der Waals surface area contributed by atoms with Crippen molar-refractivity contribution in [3.8, 4) is 6.07 Å². The van der Waals surface area contributed by atoms with Crippen molar-refractivity contribution in [2.24, 2.45) is 5.10 Å². The highest BCUT2D eigenvalue weighted by molar-refractivity contribution is 6.27. The molecule has 1 amide bonds. The lowest BCUT2D eigenvalue weighted by molar-refractivity contribution is -0.112. The van der Waals surface area contributed by atoms with Crippen LogP contribution in [0.15, 0.2) is 5.10 Å². The van der Waals surface area contributed by atoms with Crippen LogP contribution in [0.2, 0.25) is 0 Å². The Morgan fingerprint density at radius 3 is 2.95 bits per heavy atom. The van der Waals surface area contributed by atoms with E-state index < -0.39 is 6.09 Å². The lowest BCUT2D eigenvalue weighted by atomic mass is 10.2. The maximum absolute atomic E-state index is 11.6. The monoisotopic (exact) mass is 294 g/mol. The first-order valence-corrected chi connectivity index (χ1v) is 6.91. The van der Waals surface area contributed by atoms with E-state index in [1.165, 1.54) is 0 Å². The first-order chi connectivity index (χ1) is 10.2. The summed E-state index contributed by atoms with van der Waals surface area (Å²) in [6, 6.07) is 1.88. The van der Waals surface area contributed by atoms with E-state index in [1.807, 2.05) is 6.07 Å². The molecular formula is C13H18N4O4. The fourth-order valence-corrected chi connectivity index (χ4v) is 2.15. The third-order valence-corrected chi connectivity index (χ3v) is 3.24. The zero-order valence-electron chi connectivity index (χ0n) is 11.7. The van der Waals surface area contributed by atoms with E-state index in [0.717, 1.165) is 24.3 Å². The van der Waals surface area contributed by atoms with Crippen LogP contribution in [-0.4, -0.2) is 73.5 Å². The highest BCUT2D eigenvalue weighted by Crippen LogP contribution is 2.13. The Balaban J connectivity index is 1.78. The molecule has 0 aromatic carbocycles. The SMILES string of the molecule is N#CCCC(=O)/C=N/N1CC(CN2CCOCC2)OC1=O. The summed E-state index contributed by atoms with van der Waals surface area (Å²) in [5.74, 6) is -0.277. The Hall–Kier alpha value is -1.98. The Labute approximate surface area is 122 Å². The Bertz CT molecular complexity index is 454. The number of Topliss-reactive ketones (excluding diaryl/α,β-unsaturated/α-hetero) is 1. The van der Waals surface area contributed by atoms with Gasteiger partial charge in [0.15, 0.2) is 5.78 Å². The van der Waals surface area contributed by atoms with E-state index in [0.29, 0.717) is 26.3 Å². The second-order valence-electron chi connectivity index (χ2n) is 4.87. The van der Waals surface area contributed by atoms with Crippen molar-refractivity contribution in [1.29, 1.82) is 5.26 Å². The quantitative estimate of drug-likeness (QED) is 0.640. The summed E-state index contributed by atoms with van der Waals surface area (Å²) in [5, 5.41) is 13.4. The van der Waals surface area contributed by atoms with E-state index in [2.05, 4.69) is 10.0 Å². The number of hydrogen-bond donors (Lipinski definition) is 0. The van der Waals surface area contributed by atoms with Crippen LogP contribution in [0.1, 0.15) is 12.8 Å². The third-order valence-electron chi connectivity index (χ3n) is 3.24. The number of ketones is 1. The van der Waals surface area contributed by atoms with Gasteiger partial charge in [-0.2, -0.15) is 15.4 Å². The average molecular weight is 294 g/mol. The molecule has 2 fully saturated rings. The summed E-state index contributed by atoms with van der Waals surface area (Å²) in [7, 11) is 0. The number of carbonyl (C=O) groups excluding carboxylic acids is 2. The van der Waals surface area contributed by atoms with E-state index in [9.17, 15) is 9.59 Å². The van der Waals surface area contributed by atoms with Crippen molar-refractivity contribution in [1.82, 2.24) is 9.91 Å². The summed E-state index contributed by atoms with van der Waals surface area (Å²) in [6.07, 6.45) is 0.546. The van der Waals surface area contributed by atoms with Crippen molar-refractivity contribution in [2.75, 3.05) is 39.4 Å². The van der Waals surface area contributed by atoms with Gasteiger partial charge in [0.1, 0.15) is 6.10 Å². The molecule has 0 aromatic heterocycles. The van der Waals surface area contributed by atoms with E-state index in [4.69, 9.17) is 14.7 Å². The van der Waals surface area contributed by atoms with Gasteiger partial charge in [-0.15, -0.1) is 0 Å². The fourth-order valence-electron chi connectivity index (χ4n) is 2.15. The zero-order valence-corrected chi connectivity index (χ0v) is 11.7. The largest absolute Gasteiger partial charge is 0.441 e. The van der Waals surface area contributed by atoms with E-state index in [1.54, 1.807) is 0 Å². The van der Waals surface area contributed by atoms with Crippen molar-refractivity contribution in [2.45, 2.75) is 18.9 Å². The molecule has 0 aromatic rings. The number of nitrogens with zero attached hydrogens (tertiary/aromatic N) is 4. The van der Waals surface area contributed by atoms with Gasteiger partial charge in [-0.1, -0.05) is 0 Å². The standard InChI is InChI=1S/C13H18N4O4/c14-3-1-2-11(18)8-15-17-10-12(21-13(17)19)9-16-4-6-20-7-5-16/h8,12H,1-2,4-7,9-10H2/b15-8+. The number of hydrazone groups is 1. The van der Waals surface area contributed by atoms with Crippen LogP contribution in [0.3, 0.4) is 0 Å². The summed E-state index contributed by atoms with van der Waals surface area (Å²) < 4.78 is 10.5. The summed E-state index contributed by atoms with van der Waals surface area (Å²) in [4.78, 5) is 25.2. The minimum absolute atomic E-state index is 0.111. The van der Waals surface area contributed by atoms with Gasteiger partial charge in [-0.25, -0.2) is 4.79 Å². The third kappa shape index (κ3) is 4.81. The molecule has 0 saturated carbocycles. The van der Waals surface area contributed by atoms with Gasteiger partial charge in [-0.05, 0) is 0 Å². The lowest BCUT2D eigenvalue weighted by Gasteiger charge is -2.27. The van der Waals surface area contributed by atoms with Crippen LogP contribution in [0, 0.1) is 11.3 Å². The molecule has 1 unspecified atom stereocenters. The molecule has 2 heterocycles. The van der Waals surface area contributed by atoms with Crippen LogP contribution in [-0.2, 0) is 14.3 Å². The average Bonchev–Trinajstić information content (AvgIpc) is 2.83. The predicted molar refractivity (Wildman–Crippen MR) is 72.6 cm³/mol. The maximum Gasteiger partial charge on any atom is 0.430 e. The van der Waals surface area contributed by atoms with Crippen LogP contribution >= 0.6 is 0 Å². The fraction of sp³-hybridized carbons (Fsp3) is 0.692. The highest BCUT2D eigenvalue weighted by atomic mass is 16.6. The van der Waals surface area contributed by atoms with E-state index >= 15 is 0 Å². The van der Waals surface area contributed by atoms with Crippen molar-refractivity contribution in [3.63, 3.8) is 0 Å². The number of morpholine rings is 1. The predicted octanol–water partition coefficient (Wildman–Crippen LogP) is -0.00192. The van der Waals surface area contributed by atoms with Gasteiger partial charge in [-0.3, -0.25) is 9.69 Å². The van der Waals surface area contributed by atoms with Crippen molar-refractivity contribution in [3.05, 3.63) is 0 Å². The number of amides is 1. The number of rotatable bonds is 6. The van der Waals surface area contributed by atoms with E-state index in [-0.39, 0.29) is 24.7 Å². The maximum atomic E-state index is 11.6. The highest BCUT2D eigenvalue weighted by Gasteiger charge is 2.32. The Morgan fingerprint density at radius 1 is 1.48 bits per heavy atom. The molecule has 2 aliphatic rings. The second kappa shape index (κ2) is 7.71. The molecule has 8 heteroatoms. The van der Waals surface area contributed by atoms with Crippen molar-refractivity contribution < 1.29 is 19.1 Å². The summed E-state index contributed by atoms with van der Waals surface area (Å²) >= 11 is 0. The smallest absolute Gasteiger partial charge is 0.430 e. The Kier molecular flexibility index (Phi) is 5.66. The van der Waals surface area contributed by atoms with Crippen LogP contribution in [0.25, 0.3) is 0 Å². The topological polar surface area (TPSA) is 95.2 Å². The molecule has 1 atom stereocenters. The minimum atomic E-state index is -0.544. The van der Waals surface area contributed by atoms with Crippen LogP contribution in [0.5, 0.6) is 0 Å². The normalized spacial score (nSPS) is 23.3. The molecule has 2 rings (SSSR count). The first kappa shape index (κ1) is 15.4. The summed E-state index contributed by atoms with van der Waals surface area (Å²) in [6.45, 7) is 4.00. The second-order valence-corrected chi connectivity index (χ2v) is 4.87. The molecular weight excluding hydrogens is 276 g/mol. The lowest BCUT2D eigenvalue weighted by Crippen LogP contribution is -2.41. The Morgan fingerprint density at radius 2 is 2.24 bits per heavy atom. The molecule has 0 radical (unpaired) electrons. The van der Waals surface area contributed by atoms with Gasteiger partial charge < -0.3 is 9.47 Å². The minimum Gasteiger partial charge on any atom is -0.441 e. The number of carbonyl (C=O) groups is 2. The number of ether oxygens (including phenoxy) is 2. The molecule has 0 N–H and O–H groups in total. The van der Waals surface area contributed by atoms with Gasteiger partial charge in [0, 0.05) is 32.5 Å². The molecule has 0 bridgehead atoms. The molecule has 8 nitrogen and oxygen atoms in total. The molecule has 2 saturated heterocycles. The van der Waals surface area contributed by atoms with Crippen LogP contribution < -0.4 is 0 Å². The molecule has 2 aliphatic heterocycles. The number of cyclic esters (lactones) is 1. The number of hydrogen-bond acceptors (Lipinski definition) is 7. The molecule has 114 valence electrons. The molecule has 0 spiro atoms.